The SMILES string of the molecule is CCOC(=O)c1ccc2nc(NC(=O)c3ccc(OC)c(OC)c3)sc2c1. The van der Waals surface area contributed by atoms with E-state index in [0.717, 1.165) is 4.70 Å². The highest BCUT2D eigenvalue weighted by atomic mass is 32.1. The average Bonchev–Trinajstić information content (AvgIpc) is 3.08. The fraction of sp³-hybridized carbons (Fsp3) is 0.211. The van der Waals surface area contributed by atoms with Gasteiger partial charge in [0.2, 0.25) is 0 Å². The van der Waals surface area contributed by atoms with Crippen molar-refractivity contribution >= 4 is 38.6 Å². The molecule has 1 heterocycles. The maximum absolute atomic E-state index is 12.5. The summed E-state index contributed by atoms with van der Waals surface area (Å²) < 4.78 is 16.2. The Hall–Kier alpha value is -3.13. The summed E-state index contributed by atoms with van der Waals surface area (Å²) in [6, 6.07) is 9.99. The van der Waals surface area contributed by atoms with Crippen LogP contribution in [0.5, 0.6) is 11.5 Å². The van der Waals surface area contributed by atoms with Crippen LogP contribution in [0.25, 0.3) is 10.2 Å². The molecule has 0 radical (unpaired) electrons. The lowest BCUT2D eigenvalue weighted by molar-refractivity contribution is 0.0526. The van der Waals surface area contributed by atoms with E-state index in [1.165, 1.54) is 25.6 Å². The molecule has 0 aliphatic heterocycles. The molecule has 0 fully saturated rings. The van der Waals surface area contributed by atoms with E-state index in [4.69, 9.17) is 14.2 Å². The molecule has 0 unspecified atom stereocenters. The minimum absolute atomic E-state index is 0.312. The number of aromatic nitrogens is 1. The van der Waals surface area contributed by atoms with Crippen molar-refractivity contribution in [2.24, 2.45) is 0 Å². The van der Waals surface area contributed by atoms with Gasteiger partial charge in [0.05, 0.1) is 36.6 Å². The van der Waals surface area contributed by atoms with E-state index in [-0.39, 0.29) is 11.9 Å². The Labute approximate surface area is 159 Å². The molecular formula is C19H18N2O5S. The van der Waals surface area contributed by atoms with Crippen LogP contribution in [-0.4, -0.2) is 37.7 Å². The Balaban J connectivity index is 1.82. The van der Waals surface area contributed by atoms with Gasteiger partial charge in [-0.05, 0) is 43.3 Å². The molecule has 0 saturated carbocycles. The number of nitrogens with zero attached hydrogens (tertiary/aromatic N) is 1. The molecule has 3 rings (SSSR count). The minimum Gasteiger partial charge on any atom is -0.493 e. The van der Waals surface area contributed by atoms with Gasteiger partial charge in [-0.3, -0.25) is 10.1 Å². The van der Waals surface area contributed by atoms with Crippen LogP contribution in [0.2, 0.25) is 0 Å². The van der Waals surface area contributed by atoms with Crippen molar-refractivity contribution in [2.75, 3.05) is 26.1 Å². The first-order valence-electron chi connectivity index (χ1n) is 8.16. The number of carbonyl (C=O) groups is 2. The number of amides is 1. The maximum atomic E-state index is 12.5. The second-order valence-electron chi connectivity index (χ2n) is 5.45. The van der Waals surface area contributed by atoms with Crippen molar-refractivity contribution in [3.05, 3.63) is 47.5 Å². The number of ether oxygens (including phenoxy) is 3. The van der Waals surface area contributed by atoms with Crippen LogP contribution in [-0.2, 0) is 4.74 Å². The Kier molecular flexibility index (Phi) is 5.56. The molecule has 8 heteroatoms. The topological polar surface area (TPSA) is 86.8 Å². The maximum Gasteiger partial charge on any atom is 0.338 e. The molecule has 1 N–H and O–H groups in total. The van der Waals surface area contributed by atoms with Crippen LogP contribution < -0.4 is 14.8 Å². The summed E-state index contributed by atoms with van der Waals surface area (Å²) in [5, 5.41) is 3.20. The van der Waals surface area contributed by atoms with Crippen LogP contribution in [0, 0.1) is 0 Å². The van der Waals surface area contributed by atoms with Crippen molar-refractivity contribution < 1.29 is 23.8 Å². The molecule has 140 valence electrons. The summed E-state index contributed by atoms with van der Waals surface area (Å²) in [5.74, 6) is 0.304. The molecule has 1 aromatic heterocycles. The normalized spacial score (nSPS) is 10.5. The molecule has 0 aliphatic carbocycles. The molecule has 1 amide bonds. The van der Waals surface area contributed by atoms with Crippen LogP contribution in [0.15, 0.2) is 36.4 Å². The molecule has 27 heavy (non-hydrogen) atoms. The first-order valence-corrected chi connectivity index (χ1v) is 8.98. The lowest BCUT2D eigenvalue weighted by atomic mass is 10.2. The van der Waals surface area contributed by atoms with Crippen LogP contribution >= 0.6 is 11.3 Å². The number of nitrogens with one attached hydrogen (secondary N) is 1. The van der Waals surface area contributed by atoms with Crippen molar-refractivity contribution in [3.8, 4) is 11.5 Å². The molecule has 0 spiro atoms. The quantitative estimate of drug-likeness (QED) is 0.650. The molecule has 7 nitrogen and oxygen atoms in total. The Bertz CT molecular complexity index is 999. The number of esters is 1. The molecular weight excluding hydrogens is 368 g/mol. The first-order chi connectivity index (χ1) is 13.0. The van der Waals surface area contributed by atoms with Crippen LogP contribution in [0.3, 0.4) is 0 Å². The number of anilines is 1. The van der Waals surface area contributed by atoms with Gasteiger partial charge < -0.3 is 14.2 Å². The highest BCUT2D eigenvalue weighted by molar-refractivity contribution is 7.22. The van der Waals surface area contributed by atoms with E-state index < -0.39 is 0 Å². The predicted octanol–water partition coefficient (Wildman–Crippen LogP) is 3.74. The van der Waals surface area contributed by atoms with Gasteiger partial charge in [0.1, 0.15) is 0 Å². The highest BCUT2D eigenvalue weighted by Crippen LogP contribution is 2.30. The third-order valence-electron chi connectivity index (χ3n) is 3.77. The second kappa shape index (κ2) is 8.05. The third kappa shape index (κ3) is 4.01. The standard InChI is InChI=1S/C19H18N2O5S/c1-4-26-18(23)12-5-7-13-16(10-12)27-19(20-13)21-17(22)11-6-8-14(24-2)15(9-11)25-3/h5-10H,4H2,1-3H3,(H,20,21,22). The zero-order chi connectivity index (χ0) is 19.4. The monoisotopic (exact) mass is 386 g/mol. The van der Waals surface area contributed by atoms with Gasteiger partial charge in [0.15, 0.2) is 16.6 Å². The zero-order valence-electron chi connectivity index (χ0n) is 15.1. The molecule has 2 aromatic carbocycles. The van der Waals surface area contributed by atoms with Gasteiger partial charge in [-0.25, -0.2) is 9.78 Å². The Morgan fingerprint density at radius 3 is 2.48 bits per heavy atom. The molecule has 0 saturated heterocycles. The van der Waals surface area contributed by atoms with Gasteiger partial charge >= 0.3 is 5.97 Å². The third-order valence-corrected chi connectivity index (χ3v) is 4.70. The van der Waals surface area contributed by atoms with Crippen molar-refractivity contribution in [3.63, 3.8) is 0 Å². The fourth-order valence-corrected chi connectivity index (χ4v) is 3.37. The minimum atomic E-state index is -0.385. The zero-order valence-corrected chi connectivity index (χ0v) is 15.9. The van der Waals surface area contributed by atoms with Crippen LogP contribution in [0.1, 0.15) is 27.6 Å². The van der Waals surface area contributed by atoms with Gasteiger partial charge in [0.25, 0.3) is 5.91 Å². The number of carbonyl (C=O) groups excluding carboxylic acids is 2. The predicted molar refractivity (Wildman–Crippen MR) is 103 cm³/mol. The highest BCUT2D eigenvalue weighted by Gasteiger charge is 2.14. The van der Waals surface area contributed by atoms with E-state index in [0.29, 0.717) is 39.9 Å². The van der Waals surface area contributed by atoms with Gasteiger partial charge in [-0.2, -0.15) is 0 Å². The number of hydrogen-bond acceptors (Lipinski definition) is 7. The van der Waals surface area contributed by atoms with Gasteiger partial charge in [-0.15, -0.1) is 0 Å². The van der Waals surface area contributed by atoms with Crippen molar-refractivity contribution in [2.45, 2.75) is 6.92 Å². The lowest BCUT2D eigenvalue weighted by Crippen LogP contribution is -2.11. The first kappa shape index (κ1) is 18.7. The summed E-state index contributed by atoms with van der Waals surface area (Å²) >= 11 is 1.28. The van der Waals surface area contributed by atoms with Crippen molar-refractivity contribution in [1.82, 2.24) is 4.98 Å². The number of thiazole rings is 1. The molecule has 0 atom stereocenters. The Morgan fingerprint density at radius 2 is 1.78 bits per heavy atom. The number of hydrogen-bond donors (Lipinski definition) is 1. The largest absolute Gasteiger partial charge is 0.493 e. The van der Waals surface area contributed by atoms with E-state index in [1.807, 2.05) is 0 Å². The van der Waals surface area contributed by atoms with E-state index in [1.54, 1.807) is 43.3 Å². The average molecular weight is 386 g/mol. The summed E-state index contributed by atoms with van der Waals surface area (Å²) in [7, 11) is 3.04. The second-order valence-corrected chi connectivity index (χ2v) is 6.48. The molecule has 0 bridgehead atoms. The summed E-state index contributed by atoms with van der Waals surface area (Å²) in [5.41, 5.74) is 1.56. The van der Waals surface area contributed by atoms with E-state index in [9.17, 15) is 9.59 Å². The van der Waals surface area contributed by atoms with E-state index >= 15 is 0 Å². The Morgan fingerprint density at radius 1 is 1.04 bits per heavy atom. The lowest BCUT2D eigenvalue weighted by Gasteiger charge is -2.09. The van der Waals surface area contributed by atoms with Crippen LogP contribution in [0.4, 0.5) is 5.13 Å². The number of rotatable bonds is 6. The van der Waals surface area contributed by atoms with Gasteiger partial charge in [0, 0.05) is 5.56 Å². The summed E-state index contributed by atoms with van der Waals surface area (Å²) in [6.45, 7) is 2.07. The molecule has 3 aromatic rings. The smallest absolute Gasteiger partial charge is 0.338 e. The summed E-state index contributed by atoms with van der Waals surface area (Å²) in [6.07, 6.45) is 0. The van der Waals surface area contributed by atoms with E-state index in [2.05, 4.69) is 10.3 Å². The number of methoxy groups -OCH3 is 2. The van der Waals surface area contributed by atoms with Crippen molar-refractivity contribution in [1.29, 1.82) is 0 Å². The fourth-order valence-electron chi connectivity index (χ4n) is 2.47. The summed E-state index contributed by atoms with van der Waals surface area (Å²) in [4.78, 5) is 28.7. The van der Waals surface area contributed by atoms with Gasteiger partial charge in [-0.1, -0.05) is 11.3 Å². The molecule has 0 aliphatic rings. The number of benzene rings is 2. The number of fused-ring (bicyclic) bond motifs is 1.